The predicted molar refractivity (Wildman–Crippen MR) is 77.4 cm³/mol. The second kappa shape index (κ2) is 4.81. The molecule has 7 nitrogen and oxygen atoms in total. The van der Waals surface area contributed by atoms with Gasteiger partial charge in [-0.25, -0.2) is 22.4 Å². The second-order valence-electron chi connectivity index (χ2n) is 5.48. The highest BCUT2D eigenvalue weighted by molar-refractivity contribution is 7.89. The van der Waals surface area contributed by atoms with Crippen LogP contribution >= 0.6 is 0 Å². The third-order valence-corrected chi connectivity index (χ3v) is 5.06. The van der Waals surface area contributed by atoms with E-state index in [1.54, 1.807) is 13.8 Å². The number of nitrogens with zero attached hydrogens (tertiary/aromatic N) is 2. The molecule has 0 bridgehead atoms. The van der Waals surface area contributed by atoms with Gasteiger partial charge >= 0.3 is 6.03 Å². The van der Waals surface area contributed by atoms with Gasteiger partial charge in [-0.2, -0.15) is 0 Å². The van der Waals surface area contributed by atoms with Crippen LogP contribution in [-0.4, -0.2) is 44.3 Å². The van der Waals surface area contributed by atoms with Crippen molar-refractivity contribution in [1.29, 1.82) is 0 Å². The van der Waals surface area contributed by atoms with Crippen molar-refractivity contribution >= 4 is 27.6 Å². The molecule has 21 heavy (non-hydrogen) atoms. The maximum Gasteiger partial charge on any atom is 0.329 e. The van der Waals surface area contributed by atoms with E-state index in [9.17, 15) is 18.0 Å². The van der Waals surface area contributed by atoms with E-state index in [0.717, 1.165) is 9.21 Å². The third-order valence-electron chi connectivity index (χ3n) is 3.23. The minimum Gasteiger partial charge on any atom is -0.323 e. The molecule has 0 unspecified atom stereocenters. The van der Waals surface area contributed by atoms with Crippen molar-refractivity contribution in [2.24, 2.45) is 0 Å². The number of carbonyl (C=O) groups is 2. The van der Waals surface area contributed by atoms with Gasteiger partial charge in [-0.1, -0.05) is 0 Å². The van der Waals surface area contributed by atoms with Crippen LogP contribution in [0.15, 0.2) is 29.2 Å². The molecule has 1 fully saturated rings. The fraction of sp³-hybridized carbons (Fsp3) is 0.385. The number of hydrogen-bond acceptors (Lipinski definition) is 4. The first-order valence-electron chi connectivity index (χ1n) is 6.26. The first kappa shape index (κ1) is 15.5. The van der Waals surface area contributed by atoms with Gasteiger partial charge in [-0.05, 0) is 38.1 Å². The molecular weight excluding hydrogens is 294 g/mol. The largest absolute Gasteiger partial charge is 0.329 e. The Kier molecular flexibility index (Phi) is 3.54. The summed E-state index contributed by atoms with van der Waals surface area (Å²) in [5.41, 5.74) is -0.633. The standard InChI is InChI=1S/C13H17N3O4S/c1-13(2)11(17)16(12(18)14-13)9-5-7-10(8-6-9)21(19,20)15(3)4/h5-8H,1-4H3,(H,14,18). The number of benzene rings is 1. The van der Waals surface area contributed by atoms with Crippen LogP contribution in [0.1, 0.15) is 13.8 Å². The summed E-state index contributed by atoms with van der Waals surface area (Å²) in [5, 5.41) is 2.57. The minimum absolute atomic E-state index is 0.0996. The Labute approximate surface area is 123 Å². The SMILES string of the molecule is CN(C)S(=O)(=O)c1ccc(N2C(=O)NC(C)(C)C2=O)cc1. The van der Waals surface area contributed by atoms with Gasteiger partial charge in [-0.15, -0.1) is 0 Å². The number of carbonyl (C=O) groups excluding carboxylic acids is 2. The summed E-state index contributed by atoms with van der Waals surface area (Å²) in [6.45, 7) is 3.22. The number of amides is 3. The molecule has 1 N–H and O–H groups in total. The molecule has 1 heterocycles. The van der Waals surface area contributed by atoms with Gasteiger partial charge in [0.2, 0.25) is 10.0 Å². The summed E-state index contributed by atoms with van der Waals surface area (Å²) in [6, 6.07) is 5.10. The number of nitrogens with one attached hydrogen (secondary N) is 1. The second-order valence-corrected chi connectivity index (χ2v) is 7.63. The van der Waals surface area contributed by atoms with Crippen LogP contribution in [-0.2, 0) is 14.8 Å². The smallest absolute Gasteiger partial charge is 0.323 e. The Balaban J connectivity index is 2.37. The van der Waals surface area contributed by atoms with Gasteiger partial charge in [0.25, 0.3) is 5.91 Å². The van der Waals surface area contributed by atoms with Crippen LogP contribution in [0.3, 0.4) is 0 Å². The summed E-state index contributed by atoms with van der Waals surface area (Å²) < 4.78 is 25.0. The van der Waals surface area contributed by atoms with E-state index in [0.29, 0.717) is 5.69 Å². The molecule has 1 aliphatic heterocycles. The average Bonchev–Trinajstić information content (AvgIpc) is 2.58. The number of sulfonamides is 1. The van der Waals surface area contributed by atoms with Crippen molar-refractivity contribution < 1.29 is 18.0 Å². The van der Waals surface area contributed by atoms with E-state index in [-0.39, 0.29) is 10.8 Å². The Morgan fingerprint density at radius 3 is 2.00 bits per heavy atom. The highest BCUT2D eigenvalue weighted by Gasteiger charge is 2.45. The molecule has 114 valence electrons. The number of anilines is 1. The molecule has 1 saturated heterocycles. The third kappa shape index (κ3) is 2.52. The summed E-state index contributed by atoms with van der Waals surface area (Å²) in [6.07, 6.45) is 0. The molecule has 1 aliphatic rings. The molecule has 1 aromatic carbocycles. The van der Waals surface area contributed by atoms with Crippen molar-refractivity contribution in [3.8, 4) is 0 Å². The van der Waals surface area contributed by atoms with Gasteiger partial charge in [0, 0.05) is 14.1 Å². The van der Waals surface area contributed by atoms with Crippen molar-refractivity contribution in [2.75, 3.05) is 19.0 Å². The van der Waals surface area contributed by atoms with Crippen LogP contribution in [0.4, 0.5) is 10.5 Å². The molecule has 3 amide bonds. The van der Waals surface area contributed by atoms with Crippen LogP contribution < -0.4 is 10.2 Å². The van der Waals surface area contributed by atoms with Gasteiger partial charge in [0.1, 0.15) is 5.54 Å². The monoisotopic (exact) mass is 311 g/mol. The lowest BCUT2D eigenvalue weighted by molar-refractivity contribution is -0.121. The lowest BCUT2D eigenvalue weighted by Crippen LogP contribution is -2.40. The topological polar surface area (TPSA) is 86.8 Å². The van der Waals surface area contributed by atoms with Crippen LogP contribution in [0, 0.1) is 0 Å². The Morgan fingerprint density at radius 1 is 1.10 bits per heavy atom. The molecule has 0 aromatic heterocycles. The first-order chi connectivity index (χ1) is 9.57. The lowest BCUT2D eigenvalue weighted by Gasteiger charge is -2.17. The molecule has 0 spiro atoms. The van der Waals surface area contributed by atoms with Gasteiger partial charge in [0.05, 0.1) is 10.6 Å². The van der Waals surface area contributed by atoms with Gasteiger partial charge < -0.3 is 5.32 Å². The average molecular weight is 311 g/mol. The van der Waals surface area contributed by atoms with E-state index >= 15 is 0 Å². The molecule has 2 rings (SSSR count). The zero-order valence-corrected chi connectivity index (χ0v) is 13.1. The number of rotatable bonds is 3. The molecule has 0 radical (unpaired) electrons. The highest BCUT2D eigenvalue weighted by Crippen LogP contribution is 2.26. The zero-order chi connectivity index (χ0) is 16.0. The van der Waals surface area contributed by atoms with Crippen molar-refractivity contribution in [3.05, 3.63) is 24.3 Å². The van der Waals surface area contributed by atoms with Gasteiger partial charge in [0.15, 0.2) is 0 Å². The fourth-order valence-electron chi connectivity index (χ4n) is 1.96. The zero-order valence-electron chi connectivity index (χ0n) is 12.2. The summed E-state index contributed by atoms with van der Waals surface area (Å²) in [5.74, 6) is -0.379. The Bertz CT molecular complexity index is 693. The van der Waals surface area contributed by atoms with E-state index in [2.05, 4.69) is 5.32 Å². The lowest BCUT2D eigenvalue weighted by atomic mass is 10.1. The van der Waals surface area contributed by atoms with Gasteiger partial charge in [-0.3, -0.25) is 4.79 Å². The molecular formula is C13H17N3O4S. The van der Waals surface area contributed by atoms with E-state index in [1.165, 1.54) is 38.4 Å². The van der Waals surface area contributed by atoms with E-state index < -0.39 is 21.6 Å². The van der Waals surface area contributed by atoms with Crippen LogP contribution in [0.5, 0.6) is 0 Å². The molecule has 1 aromatic rings. The predicted octanol–water partition coefficient (Wildman–Crippen LogP) is 0.772. The number of hydrogen-bond donors (Lipinski definition) is 1. The molecule has 0 atom stereocenters. The van der Waals surface area contributed by atoms with Crippen LogP contribution in [0.2, 0.25) is 0 Å². The minimum atomic E-state index is -3.54. The summed E-state index contributed by atoms with van der Waals surface area (Å²) in [4.78, 5) is 25.1. The number of imide groups is 1. The van der Waals surface area contributed by atoms with E-state index in [1.807, 2.05) is 0 Å². The van der Waals surface area contributed by atoms with Crippen LogP contribution in [0.25, 0.3) is 0 Å². The molecule has 8 heteroatoms. The Morgan fingerprint density at radius 2 is 1.62 bits per heavy atom. The fourth-order valence-corrected chi connectivity index (χ4v) is 2.86. The maximum atomic E-state index is 12.1. The van der Waals surface area contributed by atoms with Crippen molar-refractivity contribution in [1.82, 2.24) is 9.62 Å². The van der Waals surface area contributed by atoms with Crippen molar-refractivity contribution in [2.45, 2.75) is 24.3 Å². The van der Waals surface area contributed by atoms with E-state index in [4.69, 9.17) is 0 Å². The maximum absolute atomic E-state index is 12.1. The molecule has 0 saturated carbocycles. The summed E-state index contributed by atoms with van der Waals surface area (Å²) in [7, 11) is -0.670. The number of urea groups is 1. The summed E-state index contributed by atoms with van der Waals surface area (Å²) >= 11 is 0. The van der Waals surface area contributed by atoms with Crippen molar-refractivity contribution in [3.63, 3.8) is 0 Å². The first-order valence-corrected chi connectivity index (χ1v) is 7.70. The Hall–Kier alpha value is -1.93. The normalized spacial score (nSPS) is 18.2. The quantitative estimate of drug-likeness (QED) is 0.835. The molecule has 0 aliphatic carbocycles. The highest BCUT2D eigenvalue weighted by atomic mass is 32.2.